The standard InChI is InChI=1S/C18H24ClN3O2/c19-13-6-1-2-9-16(13)22-10-4-8-15(18(22)24)21-17(23)11-12-5-3-7-14(12)20/h1-2,6,9,12,14-15H,3-5,7-8,10-11,20H2,(H,21,23)/t12-,14+,15?/m0/s1. The van der Waals surface area contributed by atoms with Crippen molar-refractivity contribution < 1.29 is 9.59 Å². The molecular weight excluding hydrogens is 326 g/mol. The molecule has 1 aromatic carbocycles. The molecule has 1 saturated heterocycles. The molecule has 1 aliphatic heterocycles. The second kappa shape index (κ2) is 7.53. The van der Waals surface area contributed by atoms with Crippen LogP contribution in [0.1, 0.15) is 38.5 Å². The van der Waals surface area contributed by atoms with Crippen molar-refractivity contribution in [1.29, 1.82) is 0 Å². The normalized spacial score (nSPS) is 27.3. The predicted molar refractivity (Wildman–Crippen MR) is 94.9 cm³/mol. The Morgan fingerprint density at radius 2 is 2.04 bits per heavy atom. The van der Waals surface area contributed by atoms with Crippen LogP contribution in [0, 0.1) is 5.92 Å². The summed E-state index contributed by atoms with van der Waals surface area (Å²) in [6.45, 7) is 0.627. The number of halogens is 1. The van der Waals surface area contributed by atoms with E-state index in [9.17, 15) is 9.59 Å². The molecule has 2 aliphatic rings. The highest BCUT2D eigenvalue weighted by Gasteiger charge is 2.33. The Morgan fingerprint density at radius 1 is 1.25 bits per heavy atom. The van der Waals surface area contributed by atoms with Gasteiger partial charge >= 0.3 is 0 Å². The zero-order valence-corrected chi connectivity index (χ0v) is 14.5. The van der Waals surface area contributed by atoms with Gasteiger partial charge in [0, 0.05) is 19.0 Å². The number of benzene rings is 1. The lowest BCUT2D eigenvalue weighted by Crippen LogP contribution is -2.52. The first-order chi connectivity index (χ1) is 11.6. The summed E-state index contributed by atoms with van der Waals surface area (Å²) < 4.78 is 0. The molecule has 0 bridgehead atoms. The van der Waals surface area contributed by atoms with E-state index >= 15 is 0 Å². The molecule has 2 fully saturated rings. The molecule has 130 valence electrons. The minimum absolute atomic E-state index is 0.0725. The molecular formula is C18H24ClN3O2. The van der Waals surface area contributed by atoms with Gasteiger partial charge in [0.25, 0.3) is 0 Å². The Balaban J connectivity index is 1.63. The lowest BCUT2D eigenvalue weighted by Gasteiger charge is -2.33. The monoisotopic (exact) mass is 349 g/mol. The lowest BCUT2D eigenvalue weighted by atomic mass is 9.98. The van der Waals surface area contributed by atoms with Crippen molar-refractivity contribution in [2.45, 2.75) is 50.6 Å². The molecule has 0 radical (unpaired) electrons. The number of rotatable bonds is 4. The van der Waals surface area contributed by atoms with Crippen LogP contribution < -0.4 is 16.0 Å². The van der Waals surface area contributed by atoms with Gasteiger partial charge in [-0.05, 0) is 43.7 Å². The highest BCUT2D eigenvalue weighted by atomic mass is 35.5. The van der Waals surface area contributed by atoms with Gasteiger partial charge in [-0.1, -0.05) is 30.2 Å². The molecule has 1 aromatic rings. The Morgan fingerprint density at radius 3 is 2.75 bits per heavy atom. The van der Waals surface area contributed by atoms with Crippen LogP contribution in [0.3, 0.4) is 0 Å². The molecule has 6 heteroatoms. The zero-order valence-electron chi connectivity index (χ0n) is 13.7. The first-order valence-electron chi connectivity index (χ1n) is 8.67. The molecule has 3 rings (SSSR count). The van der Waals surface area contributed by atoms with Crippen molar-refractivity contribution >= 4 is 29.1 Å². The fourth-order valence-electron chi connectivity index (χ4n) is 3.73. The summed E-state index contributed by atoms with van der Waals surface area (Å²) in [6.07, 6.45) is 4.99. The van der Waals surface area contributed by atoms with Crippen LogP contribution in [0.2, 0.25) is 5.02 Å². The van der Waals surface area contributed by atoms with E-state index in [0.717, 1.165) is 25.7 Å². The summed E-state index contributed by atoms with van der Waals surface area (Å²) in [4.78, 5) is 26.7. The fraction of sp³-hybridized carbons (Fsp3) is 0.556. The lowest BCUT2D eigenvalue weighted by molar-refractivity contribution is -0.129. The number of hydrogen-bond acceptors (Lipinski definition) is 3. The van der Waals surface area contributed by atoms with Gasteiger partial charge in [-0.2, -0.15) is 0 Å². The number of piperidine rings is 1. The third kappa shape index (κ3) is 3.73. The van der Waals surface area contributed by atoms with Crippen molar-refractivity contribution in [2.75, 3.05) is 11.4 Å². The highest BCUT2D eigenvalue weighted by Crippen LogP contribution is 2.29. The van der Waals surface area contributed by atoms with Gasteiger partial charge in [-0.15, -0.1) is 0 Å². The third-order valence-corrected chi connectivity index (χ3v) is 5.40. The predicted octanol–water partition coefficient (Wildman–Crippen LogP) is 2.47. The van der Waals surface area contributed by atoms with Crippen molar-refractivity contribution in [3.63, 3.8) is 0 Å². The molecule has 2 amide bonds. The van der Waals surface area contributed by atoms with Crippen LogP contribution in [0.4, 0.5) is 5.69 Å². The van der Waals surface area contributed by atoms with E-state index in [4.69, 9.17) is 17.3 Å². The van der Waals surface area contributed by atoms with Gasteiger partial charge in [0.05, 0.1) is 10.7 Å². The Kier molecular flexibility index (Phi) is 5.41. The van der Waals surface area contributed by atoms with E-state index in [1.807, 2.05) is 18.2 Å². The van der Waals surface area contributed by atoms with Crippen LogP contribution in [-0.4, -0.2) is 30.4 Å². The van der Waals surface area contributed by atoms with Crippen molar-refractivity contribution in [3.05, 3.63) is 29.3 Å². The Bertz CT molecular complexity index is 622. The number of hydrogen-bond donors (Lipinski definition) is 2. The summed E-state index contributed by atoms with van der Waals surface area (Å²) in [6, 6.07) is 6.94. The number of amides is 2. The van der Waals surface area contributed by atoms with E-state index in [-0.39, 0.29) is 23.8 Å². The fourth-order valence-corrected chi connectivity index (χ4v) is 3.97. The second-order valence-electron chi connectivity index (χ2n) is 6.76. The van der Waals surface area contributed by atoms with E-state index in [1.165, 1.54) is 0 Å². The maximum absolute atomic E-state index is 12.7. The van der Waals surface area contributed by atoms with Gasteiger partial charge in [-0.3, -0.25) is 9.59 Å². The number of nitrogens with two attached hydrogens (primary N) is 1. The molecule has 24 heavy (non-hydrogen) atoms. The number of para-hydroxylation sites is 1. The van der Waals surface area contributed by atoms with E-state index in [2.05, 4.69) is 5.32 Å². The zero-order chi connectivity index (χ0) is 17.1. The topological polar surface area (TPSA) is 75.4 Å². The Hall–Kier alpha value is -1.59. The maximum atomic E-state index is 12.7. The van der Waals surface area contributed by atoms with Gasteiger partial charge in [0.1, 0.15) is 6.04 Å². The first-order valence-corrected chi connectivity index (χ1v) is 9.05. The quantitative estimate of drug-likeness (QED) is 0.876. The minimum atomic E-state index is -0.472. The highest BCUT2D eigenvalue weighted by molar-refractivity contribution is 6.33. The summed E-state index contributed by atoms with van der Waals surface area (Å²) in [5, 5.41) is 3.46. The third-order valence-electron chi connectivity index (χ3n) is 5.08. The van der Waals surface area contributed by atoms with Crippen molar-refractivity contribution in [1.82, 2.24) is 5.32 Å². The number of carbonyl (C=O) groups excluding carboxylic acids is 2. The van der Waals surface area contributed by atoms with E-state index in [1.54, 1.807) is 11.0 Å². The molecule has 0 aromatic heterocycles. The molecule has 5 nitrogen and oxygen atoms in total. The van der Waals surface area contributed by atoms with Crippen molar-refractivity contribution in [3.8, 4) is 0 Å². The maximum Gasteiger partial charge on any atom is 0.249 e. The summed E-state index contributed by atoms with van der Waals surface area (Å²) in [7, 11) is 0. The summed E-state index contributed by atoms with van der Waals surface area (Å²) in [5.41, 5.74) is 6.74. The van der Waals surface area contributed by atoms with Crippen LogP contribution >= 0.6 is 11.6 Å². The number of nitrogens with one attached hydrogen (secondary N) is 1. The van der Waals surface area contributed by atoms with Gasteiger partial charge in [-0.25, -0.2) is 0 Å². The largest absolute Gasteiger partial charge is 0.344 e. The molecule has 1 aliphatic carbocycles. The second-order valence-corrected chi connectivity index (χ2v) is 7.17. The average molecular weight is 350 g/mol. The number of carbonyl (C=O) groups is 2. The average Bonchev–Trinajstić information content (AvgIpc) is 2.95. The van der Waals surface area contributed by atoms with Crippen LogP contribution in [0.25, 0.3) is 0 Å². The molecule has 3 atom stereocenters. The van der Waals surface area contributed by atoms with E-state index < -0.39 is 6.04 Å². The molecule has 1 saturated carbocycles. The number of nitrogens with zero attached hydrogens (tertiary/aromatic N) is 1. The number of anilines is 1. The minimum Gasteiger partial charge on any atom is -0.344 e. The Labute approximate surface area is 147 Å². The SMILES string of the molecule is N[C@@H]1CCC[C@H]1CC(=O)NC1CCCN(c2ccccc2Cl)C1=O. The van der Waals surface area contributed by atoms with Crippen molar-refractivity contribution in [2.24, 2.45) is 11.7 Å². The molecule has 1 unspecified atom stereocenters. The molecule has 0 spiro atoms. The van der Waals surface area contributed by atoms with Crippen LogP contribution in [-0.2, 0) is 9.59 Å². The van der Waals surface area contributed by atoms with Crippen LogP contribution in [0.15, 0.2) is 24.3 Å². The van der Waals surface area contributed by atoms with E-state index in [0.29, 0.717) is 30.1 Å². The first kappa shape index (κ1) is 17.2. The smallest absolute Gasteiger partial charge is 0.249 e. The summed E-state index contributed by atoms with van der Waals surface area (Å²) in [5.74, 6) is 0.0819. The van der Waals surface area contributed by atoms with Gasteiger partial charge < -0.3 is 16.0 Å². The van der Waals surface area contributed by atoms with Crippen LogP contribution in [0.5, 0.6) is 0 Å². The molecule has 1 heterocycles. The van der Waals surface area contributed by atoms with Gasteiger partial charge in [0.2, 0.25) is 11.8 Å². The molecule has 3 N–H and O–H groups in total. The van der Waals surface area contributed by atoms with Gasteiger partial charge in [0.15, 0.2) is 0 Å². The summed E-state index contributed by atoms with van der Waals surface area (Å²) >= 11 is 6.21.